The van der Waals surface area contributed by atoms with Gasteiger partial charge in [-0.3, -0.25) is 14.9 Å². The zero-order chi connectivity index (χ0) is 19.6. The van der Waals surface area contributed by atoms with Gasteiger partial charge in [0.2, 0.25) is 17.8 Å². The van der Waals surface area contributed by atoms with Crippen LogP contribution in [0.5, 0.6) is 0 Å². The lowest BCUT2D eigenvalue weighted by atomic mass is 9.98. The van der Waals surface area contributed by atoms with Gasteiger partial charge in [0.1, 0.15) is 0 Å². The molecule has 8 nitrogen and oxygen atoms in total. The second kappa shape index (κ2) is 12.7. The molecule has 1 aliphatic heterocycles. The number of rotatable bonds is 10. The van der Waals surface area contributed by atoms with Gasteiger partial charge in [0, 0.05) is 38.9 Å². The van der Waals surface area contributed by atoms with E-state index in [0.717, 1.165) is 57.7 Å². The van der Waals surface area contributed by atoms with Gasteiger partial charge < -0.3 is 10.2 Å². The van der Waals surface area contributed by atoms with Crippen molar-refractivity contribution in [3.63, 3.8) is 0 Å². The molecule has 0 unspecified atom stereocenters. The van der Waals surface area contributed by atoms with Gasteiger partial charge >= 0.3 is 0 Å². The van der Waals surface area contributed by atoms with Crippen molar-refractivity contribution in [1.82, 2.24) is 25.0 Å². The number of carbonyl (C=O) groups excluding carboxylic acids is 2. The maximum atomic E-state index is 12.3. The average Bonchev–Trinajstić information content (AvgIpc) is 3.02. The molecule has 0 bridgehead atoms. The lowest BCUT2D eigenvalue weighted by molar-refractivity contribution is -0.131. The molecular weight excluding hydrogens is 380 g/mol. The van der Waals surface area contributed by atoms with Gasteiger partial charge in [0.25, 0.3) is 0 Å². The molecule has 0 aliphatic carbocycles. The summed E-state index contributed by atoms with van der Waals surface area (Å²) in [5.74, 6) is 1.66. The Bertz CT molecular complexity index is 610. The number of anilines is 1. The normalized spacial score (nSPS) is 14.4. The third-order valence-electron chi connectivity index (χ3n) is 4.87. The van der Waals surface area contributed by atoms with Gasteiger partial charge in [-0.15, -0.1) is 12.4 Å². The van der Waals surface area contributed by atoms with Gasteiger partial charge in [-0.05, 0) is 45.2 Å². The van der Waals surface area contributed by atoms with Crippen LogP contribution in [0.1, 0.15) is 70.5 Å². The fourth-order valence-corrected chi connectivity index (χ4v) is 3.41. The Morgan fingerprint density at radius 3 is 2.43 bits per heavy atom. The van der Waals surface area contributed by atoms with Crippen LogP contribution in [0.2, 0.25) is 0 Å². The van der Waals surface area contributed by atoms with Crippen LogP contribution < -0.4 is 10.6 Å². The van der Waals surface area contributed by atoms with Crippen LogP contribution >= 0.6 is 12.4 Å². The fraction of sp³-hybridized carbons (Fsp3) is 0.789. The third kappa shape index (κ3) is 7.39. The zero-order valence-corrected chi connectivity index (χ0v) is 18.2. The van der Waals surface area contributed by atoms with Crippen molar-refractivity contribution in [3.05, 3.63) is 5.82 Å². The van der Waals surface area contributed by atoms with Gasteiger partial charge in [0.05, 0.1) is 0 Å². The predicted octanol–water partition coefficient (Wildman–Crippen LogP) is 2.46. The Hall–Kier alpha value is -1.67. The molecule has 0 spiro atoms. The van der Waals surface area contributed by atoms with Crippen LogP contribution in [0, 0.1) is 0 Å². The van der Waals surface area contributed by atoms with E-state index in [1.807, 2.05) is 4.90 Å². The summed E-state index contributed by atoms with van der Waals surface area (Å²) in [6, 6.07) is 0. The highest BCUT2D eigenvalue weighted by atomic mass is 35.5. The van der Waals surface area contributed by atoms with Crippen LogP contribution in [0.15, 0.2) is 0 Å². The van der Waals surface area contributed by atoms with E-state index >= 15 is 0 Å². The molecule has 0 radical (unpaired) electrons. The minimum Gasteiger partial charge on any atom is -0.343 e. The van der Waals surface area contributed by atoms with Crippen LogP contribution in [0.25, 0.3) is 0 Å². The highest BCUT2D eigenvalue weighted by molar-refractivity contribution is 5.89. The van der Waals surface area contributed by atoms with Crippen LogP contribution in [0.3, 0.4) is 0 Å². The van der Waals surface area contributed by atoms with Crippen LogP contribution in [-0.4, -0.2) is 57.7 Å². The maximum Gasteiger partial charge on any atom is 0.227 e. The van der Waals surface area contributed by atoms with Crippen molar-refractivity contribution < 1.29 is 9.59 Å². The van der Waals surface area contributed by atoms with Crippen molar-refractivity contribution in [2.75, 3.05) is 31.5 Å². The molecule has 2 amide bonds. The molecule has 1 aromatic heterocycles. The molecule has 2 rings (SSSR count). The number of nitrogens with one attached hydrogen (secondary N) is 2. The smallest absolute Gasteiger partial charge is 0.227 e. The van der Waals surface area contributed by atoms with E-state index in [-0.39, 0.29) is 24.2 Å². The summed E-state index contributed by atoms with van der Waals surface area (Å²) < 4.78 is 1.63. The lowest BCUT2D eigenvalue weighted by Crippen LogP contribution is -2.32. The molecule has 1 aromatic rings. The average molecular weight is 415 g/mol. The first kappa shape index (κ1) is 24.4. The minimum absolute atomic E-state index is 0. The van der Waals surface area contributed by atoms with E-state index in [2.05, 4.69) is 34.6 Å². The highest BCUT2D eigenvalue weighted by Gasteiger charge is 2.21. The number of hydrogen-bond donors (Lipinski definition) is 2. The Morgan fingerprint density at radius 2 is 1.82 bits per heavy atom. The van der Waals surface area contributed by atoms with Gasteiger partial charge in [-0.1, -0.05) is 13.8 Å². The molecule has 0 aromatic carbocycles. The number of piperidine rings is 1. The number of hydrogen-bond acceptors (Lipinski definition) is 5. The van der Waals surface area contributed by atoms with E-state index in [1.165, 1.54) is 0 Å². The predicted molar refractivity (Wildman–Crippen MR) is 113 cm³/mol. The summed E-state index contributed by atoms with van der Waals surface area (Å²) in [4.78, 5) is 30.9. The van der Waals surface area contributed by atoms with E-state index in [0.29, 0.717) is 31.1 Å². The summed E-state index contributed by atoms with van der Waals surface area (Å²) in [6.45, 7) is 7.68. The molecule has 9 heteroatoms. The highest BCUT2D eigenvalue weighted by Crippen LogP contribution is 2.23. The number of carbonyl (C=O) groups is 2. The lowest BCUT2D eigenvalue weighted by Gasteiger charge is -2.21. The first-order valence-electron chi connectivity index (χ1n) is 10.2. The summed E-state index contributed by atoms with van der Waals surface area (Å²) in [5.41, 5.74) is 0. The SMILES string of the molecule is CCCN(CCC)C(=O)CCCC(=O)Nc1nc(C2CCNCC2)nn1C.Cl. The number of halogens is 1. The quantitative estimate of drug-likeness (QED) is 0.613. The molecule has 1 aliphatic rings. The summed E-state index contributed by atoms with van der Waals surface area (Å²) in [5, 5.41) is 10.6. The van der Waals surface area contributed by atoms with E-state index < -0.39 is 0 Å². The Morgan fingerprint density at radius 1 is 1.18 bits per heavy atom. The van der Waals surface area contributed by atoms with Crippen LogP contribution in [0.4, 0.5) is 5.95 Å². The van der Waals surface area contributed by atoms with Crippen molar-refractivity contribution in [2.45, 2.75) is 64.7 Å². The number of aromatic nitrogens is 3. The van der Waals surface area contributed by atoms with Gasteiger partial charge in [0.15, 0.2) is 5.82 Å². The Kier molecular flexibility index (Phi) is 11.1. The monoisotopic (exact) mass is 414 g/mol. The summed E-state index contributed by atoms with van der Waals surface area (Å²) in [6.07, 6.45) is 5.22. The third-order valence-corrected chi connectivity index (χ3v) is 4.87. The van der Waals surface area contributed by atoms with E-state index in [9.17, 15) is 9.59 Å². The molecule has 0 saturated carbocycles. The number of aryl methyl sites for hydroxylation is 1. The molecule has 2 heterocycles. The first-order valence-corrected chi connectivity index (χ1v) is 10.2. The molecule has 28 heavy (non-hydrogen) atoms. The largest absolute Gasteiger partial charge is 0.343 e. The topological polar surface area (TPSA) is 92.2 Å². The van der Waals surface area contributed by atoms with Crippen molar-refractivity contribution in [1.29, 1.82) is 0 Å². The Balaban J connectivity index is 0.00000392. The van der Waals surface area contributed by atoms with Crippen LogP contribution in [-0.2, 0) is 16.6 Å². The molecule has 160 valence electrons. The van der Waals surface area contributed by atoms with E-state index in [1.54, 1.807) is 11.7 Å². The number of amides is 2. The standard InChI is InChI=1S/C19H34N6O2.ClH/c1-4-13-25(14-5-2)17(27)8-6-7-16(26)21-19-22-18(23-24(19)3)15-9-11-20-12-10-15;/h15,20H,4-14H2,1-3H3,(H,21,22,23,26);1H. The molecule has 1 fully saturated rings. The molecule has 2 N–H and O–H groups in total. The molecule has 0 atom stereocenters. The second-order valence-electron chi connectivity index (χ2n) is 7.22. The van der Waals surface area contributed by atoms with Gasteiger partial charge in [-0.25, -0.2) is 4.68 Å². The van der Waals surface area contributed by atoms with Crippen molar-refractivity contribution in [2.24, 2.45) is 7.05 Å². The van der Waals surface area contributed by atoms with Gasteiger partial charge in [-0.2, -0.15) is 10.1 Å². The van der Waals surface area contributed by atoms with Crippen molar-refractivity contribution in [3.8, 4) is 0 Å². The summed E-state index contributed by atoms with van der Waals surface area (Å²) >= 11 is 0. The van der Waals surface area contributed by atoms with Crippen molar-refractivity contribution >= 4 is 30.2 Å². The second-order valence-corrected chi connectivity index (χ2v) is 7.22. The summed E-state index contributed by atoms with van der Waals surface area (Å²) in [7, 11) is 1.80. The molecule has 1 saturated heterocycles. The fourth-order valence-electron chi connectivity index (χ4n) is 3.41. The Labute approximate surface area is 174 Å². The zero-order valence-electron chi connectivity index (χ0n) is 17.4. The minimum atomic E-state index is -0.118. The molecular formula is C19H35ClN6O2. The number of nitrogens with zero attached hydrogens (tertiary/aromatic N) is 4. The maximum absolute atomic E-state index is 12.3. The first-order chi connectivity index (χ1) is 13.0. The van der Waals surface area contributed by atoms with E-state index in [4.69, 9.17) is 0 Å².